The van der Waals surface area contributed by atoms with Crippen molar-refractivity contribution < 1.29 is 27.4 Å². The maximum atomic E-state index is 12.9. The molecule has 0 spiro atoms. The Kier molecular flexibility index (Phi) is 7.57. The zero-order chi connectivity index (χ0) is 20.9. The molecule has 0 aliphatic carbocycles. The zero-order valence-electron chi connectivity index (χ0n) is 16.9. The Bertz CT molecular complexity index is 656. The molecule has 2 saturated heterocycles. The van der Waals surface area contributed by atoms with Crippen molar-refractivity contribution in [2.24, 2.45) is 11.8 Å². The van der Waals surface area contributed by atoms with Gasteiger partial charge in [0, 0.05) is 25.7 Å². The summed E-state index contributed by atoms with van der Waals surface area (Å²) in [6, 6.07) is 5.54. The van der Waals surface area contributed by atoms with Crippen LogP contribution >= 0.6 is 0 Å². The van der Waals surface area contributed by atoms with E-state index in [-0.39, 0.29) is 17.9 Å². The summed E-state index contributed by atoms with van der Waals surface area (Å²) in [7, 11) is 1.39. The van der Waals surface area contributed by atoms with Crippen LogP contribution < -0.4 is 0 Å². The molecule has 0 saturated carbocycles. The van der Waals surface area contributed by atoms with E-state index in [0.717, 1.165) is 76.1 Å². The molecule has 0 bridgehead atoms. The first-order chi connectivity index (χ1) is 13.9. The second-order valence-corrected chi connectivity index (χ2v) is 8.19. The van der Waals surface area contributed by atoms with Crippen LogP contribution in [0.4, 0.5) is 13.2 Å². The summed E-state index contributed by atoms with van der Waals surface area (Å²) in [5.41, 5.74) is 0.261. The van der Waals surface area contributed by atoms with Crippen LogP contribution in [-0.4, -0.2) is 44.3 Å². The number of ether oxygens (including phenoxy) is 2. The summed E-state index contributed by atoms with van der Waals surface area (Å²) in [6.45, 7) is 3.39. The molecule has 3 rings (SSSR count). The highest BCUT2D eigenvalue weighted by Gasteiger charge is 2.33. The number of hydrogen-bond acceptors (Lipinski definition) is 4. The molecule has 162 valence electrons. The highest BCUT2D eigenvalue weighted by Crippen LogP contribution is 2.38. The molecule has 29 heavy (non-hydrogen) atoms. The van der Waals surface area contributed by atoms with Crippen molar-refractivity contribution in [2.45, 2.75) is 50.7 Å². The van der Waals surface area contributed by atoms with Crippen molar-refractivity contribution in [3.8, 4) is 0 Å². The van der Waals surface area contributed by atoms with Crippen molar-refractivity contribution in [1.82, 2.24) is 4.90 Å². The van der Waals surface area contributed by atoms with Crippen LogP contribution in [0.1, 0.15) is 55.7 Å². The Morgan fingerprint density at radius 3 is 2.45 bits per heavy atom. The quantitative estimate of drug-likeness (QED) is 0.626. The molecule has 0 amide bonds. The molecule has 1 unspecified atom stereocenters. The Hall–Kier alpha value is -1.60. The lowest BCUT2D eigenvalue weighted by Crippen LogP contribution is -2.39. The number of alkyl halides is 3. The first-order valence-corrected chi connectivity index (χ1v) is 10.4. The number of nitrogens with zero attached hydrogens (tertiary/aromatic N) is 1. The van der Waals surface area contributed by atoms with Gasteiger partial charge in [-0.15, -0.1) is 0 Å². The molecule has 2 aliphatic heterocycles. The Labute approximate surface area is 170 Å². The second-order valence-electron chi connectivity index (χ2n) is 8.19. The Balaban J connectivity index is 1.70. The number of esters is 1. The molecule has 4 nitrogen and oxygen atoms in total. The molecule has 2 heterocycles. The predicted molar refractivity (Wildman–Crippen MR) is 103 cm³/mol. The molecule has 0 radical (unpaired) electrons. The monoisotopic (exact) mass is 413 g/mol. The second kappa shape index (κ2) is 9.94. The topological polar surface area (TPSA) is 38.8 Å². The third-order valence-electron chi connectivity index (χ3n) is 6.29. The first kappa shape index (κ1) is 22.1. The molecule has 2 atom stereocenters. The van der Waals surface area contributed by atoms with Gasteiger partial charge >= 0.3 is 12.1 Å². The number of benzene rings is 1. The molecular formula is C22H30F3NO3. The third-order valence-corrected chi connectivity index (χ3v) is 6.29. The molecule has 1 aromatic rings. The number of hydrogen-bond donors (Lipinski definition) is 0. The van der Waals surface area contributed by atoms with Crippen molar-refractivity contribution >= 4 is 5.97 Å². The minimum absolute atomic E-state index is 0.0283. The number of piperidine rings is 1. The zero-order valence-corrected chi connectivity index (χ0v) is 16.9. The van der Waals surface area contributed by atoms with Gasteiger partial charge in [0.25, 0.3) is 0 Å². The van der Waals surface area contributed by atoms with Crippen LogP contribution in [0.3, 0.4) is 0 Å². The van der Waals surface area contributed by atoms with E-state index in [4.69, 9.17) is 9.47 Å². The average Bonchev–Trinajstić information content (AvgIpc) is 2.73. The van der Waals surface area contributed by atoms with Gasteiger partial charge in [-0.1, -0.05) is 12.1 Å². The minimum Gasteiger partial charge on any atom is -0.469 e. The highest BCUT2D eigenvalue weighted by molar-refractivity contribution is 5.69. The summed E-state index contributed by atoms with van der Waals surface area (Å²) in [6.07, 6.45) is 0.909. The number of carbonyl (C=O) groups is 1. The van der Waals surface area contributed by atoms with Gasteiger partial charge in [0.2, 0.25) is 0 Å². The van der Waals surface area contributed by atoms with Crippen molar-refractivity contribution in [3.63, 3.8) is 0 Å². The summed E-state index contributed by atoms with van der Waals surface area (Å²) >= 11 is 0. The maximum absolute atomic E-state index is 12.9. The SMILES string of the molecule is COC(=O)C[C@@H]1CCN(CCC2CCOCC2)C(c2ccc(C(F)(F)F)cc2)C1. The number of halogens is 3. The number of rotatable bonds is 6. The average molecular weight is 413 g/mol. The van der Waals surface area contributed by atoms with Crippen LogP contribution in [0.5, 0.6) is 0 Å². The van der Waals surface area contributed by atoms with Crippen LogP contribution in [0.15, 0.2) is 24.3 Å². The fourth-order valence-corrected chi connectivity index (χ4v) is 4.48. The fourth-order valence-electron chi connectivity index (χ4n) is 4.48. The van der Waals surface area contributed by atoms with E-state index in [2.05, 4.69) is 4.90 Å². The molecule has 1 aromatic carbocycles. The number of methoxy groups -OCH3 is 1. The molecule has 7 heteroatoms. The predicted octanol–water partition coefficient (Wildman–Crippen LogP) is 4.84. The van der Waals surface area contributed by atoms with Gasteiger partial charge in [0.15, 0.2) is 0 Å². The lowest BCUT2D eigenvalue weighted by molar-refractivity contribution is -0.142. The van der Waals surface area contributed by atoms with Crippen molar-refractivity contribution in [1.29, 1.82) is 0 Å². The lowest BCUT2D eigenvalue weighted by Gasteiger charge is -2.40. The fraction of sp³-hybridized carbons (Fsp3) is 0.682. The van der Waals surface area contributed by atoms with E-state index in [1.54, 1.807) is 12.1 Å². The van der Waals surface area contributed by atoms with Crippen LogP contribution in [0.2, 0.25) is 0 Å². The van der Waals surface area contributed by atoms with Crippen LogP contribution in [0.25, 0.3) is 0 Å². The normalized spacial score (nSPS) is 24.4. The third kappa shape index (κ3) is 6.19. The number of carbonyl (C=O) groups excluding carboxylic acids is 1. The summed E-state index contributed by atoms with van der Waals surface area (Å²) in [4.78, 5) is 14.1. The van der Waals surface area contributed by atoms with Gasteiger partial charge in [0.05, 0.1) is 12.7 Å². The van der Waals surface area contributed by atoms with E-state index in [1.165, 1.54) is 7.11 Å². The minimum atomic E-state index is -4.33. The van der Waals surface area contributed by atoms with Crippen LogP contribution in [-0.2, 0) is 20.4 Å². The Morgan fingerprint density at radius 1 is 1.14 bits per heavy atom. The number of likely N-dealkylation sites (tertiary alicyclic amines) is 1. The van der Waals surface area contributed by atoms with E-state index in [1.807, 2.05) is 0 Å². The van der Waals surface area contributed by atoms with Crippen LogP contribution in [0, 0.1) is 11.8 Å². The lowest BCUT2D eigenvalue weighted by atomic mass is 9.84. The van der Waals surface area contributed by atoms with Gasteiger partial charge in [-0.25, -0.2) is 0 Å². The standard InChI is InChI=1S/C22H30F3NO3/c1-28-21(27)15-17-7-11-26(10-6-16-8-12-29-13-9-16)20(14-17)18-2-4-19(5-3-18)22(23,24)25/h2-5,16-17,20H,6-15H2,1H3/t17-,20?/m1/s1. The van der Waals surface area contributed by atoms with E-state index >= 15 is 0 Å². The largest absolute Gasteiger partial charge is 0.469 e. The maximum Gasteiger partial charge on any atom is 0.416 e. The summed E-state index contributed by atoms with van der Waals surface area (Å²) < 4.78 is 49.1. The van der Waals surface area contributed by atoms with Gasteiger partial charge in [-0.05, 0) is 74.7 Å². The van der Waals surface area contributed by atoms with Gasteiger partial charge in [0.1, 0.15) is 0 Å². The molecular weight excluding hydrogens is 383 g/mol. The van der Waals surface area contributed by atoms with Crippen molar-refractivity contribution in [2.75, 3.05) is 33.4 Å². The molecule has 0 aromatic heterocycles. The highest BCUT2D eigenvalue weighted by atomic mass is 19.4. The first-order valence-electron chi connectivity index (χ1n) is 10.4. The summed E-state index contributed by atoms with van der Waals surface area (Å²) in [5.74, 6) is 0.607. The molecule has 0 N–H and O–H groups in total. The van der Waals surface area contributed by atoms with Gasteiger partial charge in [-0.3, -0.25) is 9.69 Å². The van der Waals surface area contributed by atoms with E-state index < -0.39 is 11.7 Å². The van der Waals surface area contributed by atoms with E-state index in [9.17, 15) is 18.0 Å². The van der Waals surface area contributed by atoms with Crippen molar-refractivity contribution in [3.05, 3.63) is 35.4 Å². The molecule has 2 aliphatic rings. The smallest absolute Gasteiger partial charge is 0.416 e. The Morgan fingerprint density at radius 2 is 1.83 bits per heavy atom. The summed E-state index contributed by atoms with van der Waals surface area (Å²) in [5, 5.41) is 0. The van der Waals surface area contributed by atoms with Gasteiger partial charge in [-0.2, -0.15) is 13.2 Å². The van der Waals surface area contributed by atoms with Gasteiger partial charge < -0.3 is 9.47 Å². The molecule has 2 fully saturated rings. The van der Waals surface area contributed by atoms with E-state index in [0.29, 0.717) is 12.3 Å².